The summed E-state index contributed by atoms with van der Waals surface area (Å²) in [5, 5.41) is 0. The number of hydrogen-bond donors (Lipinski definition) is 0. The van der Waals surface area contributed by atoms with Crippen LogP contribution in [0.5, 0.6) is 0 Å². The lowest BCUT2D eigenvalue weighted by Gasteiger charge is -2.29. The van der Waals surface area contributed by atoms with Gasteiger partial charge in [0.25, 0.3) is 0 Å². The highest BCUT2D eigenvalue weighted by Crippen LogP contribution is 2.17. The predicted octanol–water partition coefficient (Wildman–Crippen LogP) is 2.91. The molecule has 0 aliphatic carbocycles. The maximum Gasteiger partial charge on any atom is 0.0723 e. The molecule has 1 aliphatic rings. The monoisotopic (exact) mass is 233 g/mol. The molecule has 0 saturated carbocycles. The quantitative estimate of drug-likeness (QED) is 0.796. The molecule has 1 aromatic carbocycles. The van der Waals surface area contributed by atoms with Crippen molar-refractivity contribution in [3.63, 3.8) is 0 Å². The molecule has 2 heteroatoms. The Hall–Kier alpha value is -0.860. The Kier molecular flexibility index (Phi) is 4.19. The highest BCUT2D eigenvalue weighted by molar-refractivity contribution is 5.29. The largest absolute Gasteiger partial charge is 0.373 e. The Labute approximate surface area is 105 Å². The van der Waals surface area contributed by atoms with E-state index in [9.17, 15) is 0 Å². The van der Waals surface area contributed by atoms with Gasteiger partial charge in [0.2, 0.25) is 0 Å². The Bertz CT molecular complexity index is 367. The summed E-state index contributed by atoms with van der Waals surface area (Å²) in [6, 6.07) is 6.58. The second-order valence-electron chi connectivity index (χ2n) is 5.24. The van der Waals surface area contributed by atoms with Crippen molar-refractivity contribution in [2.45, 2.75) is 39.4 Å². The minimum Gasteiger partial charge on any atom is -0.373 e. The van der Waals surface area contributed by atoms with E-state index in [4.69, 9.17) is 4.74 Å². The average Bonchev–Trinajstić information content (AvgIpc) is 2.32. The number of benzene rings is 1. The van der Waals surface area contributed by atoms with E-state index in [1.54, 1.807) is 0 Å². The van der Waals surface area contributed by atoms with Crippen molar-refractivity contribution in [3.05, 3.63) is 34.9 Å². The van der Waals surface area contributed by atoms with Gasteiger partial charge in [-0.1, -0.05) is 23.8 Å². The van der Waals surface area contributed by atoms with E-state index >= 15 is 0 Å². The maximum atomic E-state index is 6.03. The van der Waals surface area contributed by atoms with Gasteiger partial charge in [0.15, 0.2) is 0 Å². The second kappa shape index (κ2) is 5.65. The summed E-state index contributed by atoms with van der Waals surface area (Å²) < 4.78 is 6.03. The van der Waals surface area contributed by atoms with Gasteiger partial charge in [-0.25, -0.2) is 0 Å². The van der Waals surface area contributed by atoms with Gasteiger partial charge in [0.1, 0.15) is 0 Å². The lowest BCUT2D eigenvalue weighted by atomic mass is 10.1. The van der Waals surface area contributed by atoms with Crippen LogP contribution < -0.4 is 0 Å². The van der Waals surface area contributed by atoms with Crippen LogP contribution in [0.3, 0.4) is 0 Å². The zero-order valence-corrected chi connectivity index (χ0v) is 11.2. The number of ether oxygens (including phenoxy) is 1. The Morgan fingerprint density at radius 1 is 1.24 bits per heavy atom. The standard InChI is InChI=1S/C15H23NO/c1-12-4-5-13(2)14(10-12)11-17-15-6-8-16(3)9-7-15/h4-5,10,15H,6-9,11H2,1-3H3. The van der Waals surface area contributed by atoms with Crippen LogP contribution in [0.4, 0.5) is 0 Å². The van der Waals surface area contributed by atoms with Gasteiger partial charge in [0.05, 0.1) is 12.7 Å². The number of rotatable bonds is 3. The summed E-state index contributed by atoms with van der Waals surface area (Å²) in [6.07, 6.45) is 2.79. The van der Waals surface area contributed by atoms with Crippen LogP contribution in [0, 0.1) is 13.8 Å². The molecule has 2 rings (SSSR count). The van der Waals surface area contributed by atoms with Gasteiger partial charge in [-0.2, -0.15) is 0 Å². The molecule has 1 aromatic rings. The number of hydrogen-bond acceptors (Lipinski definition) is 2. The first kappa shape index (κ1) is 12.6. The maximum absolute atomic E-state index is 6.03. The van der Waals surface area contributed by atoms with Crippen molar-refractivity contribution in [3.8, 4) is 0 Å². The fourth-order valence-electron chi connectivity index (χ4n) is 2.31. The molecule has 1 saturated heterocycles. The van der Waals surface area contributed by atoms with Gasteiger partial charge in [-0.15, -0.1) is 0 Å². The Morgan fingerprint density at radius 2 is 1.94 bits per heavy atom. The van der Waals surface area contributed by atoms with Crippen molar-refractivity contribution < 1.29 is 4.74 Å². The molecule has 1 fully saturated rings. The molecule has 0 spiro atoms. The van der Waals surface area contributed by atoms with E-state index in [0.29, 0.717) is 6.10 Å². The zero-order chi connectivity index (χ0) is 12.3. The SMILES string of the molecule is Cc1ccc(C)c(COC2CCN(C)CC2)c1. The Morgan fingerprint density at radius 3 is 2.65 bits per heavy atom. The van der Waals surface area contributed by atoms with Crippen LogP contribution in [0.15, 0.2) is 18.2 Å². The van der Waals surface area contributed by atoms with Gasteiger partial charge in [0, 0.05) is 13.1 Å². The molecule has 0 atom stereocenters. The lowest BCUT2D eigenvalue weighted by Crippen LogP contribution is -2.34. The van der Waals surface area contributed by atoms with Crippen LogP contribution in [0.25, 0.3) is 0 Å². The minimum atomic E-state index is 0.450. The first-order chi connectivity index (χ1) is 8.15. The third-order valence-corrected chi connectivity index (χ3v) is 3.64. The molecular formula is C15H23NO. The Balaban J connectivity index is 1.87. The van der Waals surface area contributed by atoms with Crippen molar-refractivity contribution in [1.29, 1.82) is 0 Å². The van der Waals surface area contributed by atoms with Crippen LogP contribution in [0.1, 0.15) is 29.5 Å². The van der Waals surface area contributed by atoms with Crippen LogP contribution >= 0.6 is 0 Å². The third-order valence-electron chi connectivity index (χ3n) is 3.64. The van der Waals surface area contributed by atoms with E-state index in [0.717, 1.165) is 19.7 Å². The predicted molar refractivity (Wildman–Crippen MR) is 71.2 cm³/mol. The second-order valence-corrected chi connectivity index (χ2v) is 5.24. The molecular weight excluding hydrogens is 210 g/mol. The molecule has 94 valence electrons. The lowest BCUT2D eigenvalue weighted by molar-refractivity contribution is 0.00193. The van der Waals surface area contributed by atoms with E-state index in [1.807, 2.05) is 0 Å². The molecule has 0 N–H and O–H groups in total. The number of piperidine rings is 1. The van der Waals surface area contributed by atoms with Crippen molar-refractivity contribution in [1.82, 2.24) is 4.90 Å². The molecule has 0 amide bonds. The third kappa shape index (κ3) is 3.55. The topological polar surface area (TPSA) is 12.5 Å². The highest BCUT2D eigenvalue weighted by Gasteiger charge is 2.17. The molecule has 17 heavy (non-hydrogen) atoms. The number of aryl methyl sites for hydroxylation is 2. The molecule has 1 aliphatic heterocycles. The van der Waals surface area contributed by atoms with Gasteiger partial charge >= 0.3 is 0 Å². The van der Waals surface area contributed by atoms with Crippen molar-refractivity contribution in [2.75, 3.05) is 20.1 Å². The van der Waals surface area contributed by atoms with Crippen LogP contribution in [0.2, 0.25) is 0 Å². The van der Waals surface area contributed by atoms with E-state index < -0.39 is 0 Å². The molecule has 1 heterocycles. The zero-order valence-electron chi connectivity index (χ0n) is 11.2. The fraction of sp³-hybridized carbons (Fsp3) is 0.600. The van der Waals surface area contributed by atoms with Crippen LogP contribution in [-0.2, 0) is 11.3 Å². The summed E-state index contributed by atoms with van der Waals surface area (Å²) in [5.74, 6) is 0. The van der Waals surface area contributed by atoms with E-state index in [1.165, 1.54) is 29.5 Å². The summed E-state index contributed by atoms with van der Waals surface area (Å²) in [5.41, 5.74) is 3.99. The molecule has 0 bridgehead atoms. The van der Waals surface area contributed by atoms with Gasteiger partial charge < -0.3 is 9.64 Å². The van der Waals surface area contributed by atoms with E-state index in [-0.39, 0.29) is 0 Å². The summed E-state index contributed by atoms with van der Waals surface area (Å²) in [7, 11) is 2.18. The summed E-state index contributed by atoms with van der Waals surface area (Å²) in [6.45, 7) is 7.39. The molecule has 0 aromatic heterocycles. The fourth-order valence-corrected chi connectivity index (χ4v) is 2.31. The normalized spacial score (nSPS) is 18.5. The summed E-state index contributed by atoms with van der Waals surface area (Å²) >= 11 is 0. The minimum absolute atomic E-state index is 0.450. The average molecular weight is 233 g/mol. The van der Waals surface area contributed by atoms with E-state index in [2.05, 4.69) is 44.0 Å². The van der Waals surface area contributed by atoms with Gasteiger partial charge in [-0.3, -0.25) is 0 Å². The van der Waals surface area contributed by atoms with Crippen molar-refractivity contribution in [2.24, 2.45) is 0 Å². The highest BCUT2D eigenvalue weighted by atomic mass is 16.5. The van der Waals surface area contributed by atoms with Crippen molar-refractivity contribution >= 4 is 0 Å². The number of nitrogens with zero attached hydrogens (tertiary/aromatic N) is 1. The smallest absolute Gasteiger partial charge is 0.0723 e. The first-order valence-electron chi connectivity index (χ1n) is 6.51. The first-order valence-corrected chi connectivity index (χ1v) is 6.51. The van der Waals surface area contributed by atoms with Crippen LogP contribution in [-0.4, -0.2) is 31.1 Å². The molecule has 0 unspecified atom stereocenters. The summed E-state index contributed by atoms with van der Waals surface area (Å²) in [4.78, 5) is 2.37. The van der Waals surface area contributed by atoms with Gasteiger partial charge in [-0.05, 0) is 44.9 Å². The molecule has 2 nitrogen and oxygen atoms in total. The number of likely N-dealkylation sites (tertiary alicyclic amines) is 1. The molecule has 0 radical (unpaired) electrons.